The Hall–Kier alpha value is -0.330. The van der Waals surface area contributed by atoms with E-state index < -0.39 is 10.0 Å². The van der Waals surface area contributed by atoms with Crippen molar-refractivity contribution in [2.24, 2.45) is 11.7 Å². The molecule has 1 fully saturated rings. The van der Waals surface area contributed by atoms with Gasteiger partial charge in [0.05, 0.1) is 4.90 Å². The molecule has 0 spiro atoms. The van der Waals surface area contributed by atoms with Crippen molar-refractivity contribution in [2.75, 3.05) is 13.1 Å². The molecule has 0 amide bonds. The molecule has 0 aromatic heterocycles. The first kappa shape index (κ1) is 18.7. The van der Waals surface area contributed by atoms with E-state index in [0.717, 1.165) is 12.8 Å². The lowest BCUT2D eigenvalue weighted by atomic mass is 9.94. The van der Waals surface area contributed by atoms with Crippen molar-refractivity contribution in [1.29, 1.82) is 0 Å². The molecule has 21 heavy (non-hydrogen) atoms. The number of sulfonamides is 1. The number of nitrogens with two attached hydrogens (primary N) is 1. The van der Waals surface area contributed by atoms with Crippen molar-refractivity contribution >= 4 is 34.0 Å². The maximum Gasteiger partial charge on any atom is 0.243 e. The van der Waals surface area contributed by atoms with Crippen LogP contribution in [-0.4, -0.2) is 31.9 Å². The van der Waals surface area contributed by atoms with Crippen molar-refractivity contribution in [3.8, 4) is 0 Å². The van der Waals surface area contributed by atoms with Gasteiger partial charge in [0.25, 0.3) is 0 Å². The highest BCUT2D eigenvalue weighted by atomic mass is 35.5. The molecule has 120 valence electrons. The molecule has 4 nitrogen and oxygen atoms in total. The summed E-state index contributed by atoms with van der Waals surface area (Å²) in [6, 6.07) is 4.77. The molecule has 1 aliphatic rings. The molecule has 2 atom stereocenters. The largest absolute Gasteiger partial charge is 0.329 e. The monoisotopic (exact) mass is 352 g/mol. The summed E-state index contributed by atoms with van der Waals surface area (Å²) in [6.07, 6.45) is 1.70. The van der Waals surface area contributed by atoms with Gasteiger partial charge in [0, 0.05) is 24.2 Å². The van der Waals surface area contributed by atoms with Crippen LogP contribution in [0.5, 0.6) is 0 Å². The van der Waals surface area contributed by atoms with Crippen molar-refractivity contribution in [2.45, 2.75) is 37.6 Å². The molecule has 1 aromatic carbocycles. The average molecular weight is 353 g/mol. The van der Waals surface area contributed by atoms with Crippen LogP contribution < -0.4 is 5.73 Å². The van der Waals surface area contributed by atoms with Gasteiger partial charge in [0.1, 0.15) is 0 Å². The van der Waals surface area contributed by atoms with Gasteiger partial charge in [-0.1, -0.05) is 18.5 Å². The van der Waals surface area contributed by atoms with E-state index >= 15 is 0 Å². The molecule has 0 radical (unpaired) electrons. The van der Waals surface area contributed by atoms with E-state index in [-0.39, 0.29) is 18.4 Å². The fraction of sp³-hybridized carbons (Fsp3) is 0.571. The first-order valence-electron chi connectivity index (χ1n) is 6.84. The van der Waals surface area contributed by atoms with Gasteiger partial charge in [-0.3, -0.25) is 0 Å². The Morgan fingerprint density at radius 1 is 1.43 bits per heavy atom. The number of rotatable bonds is 3. The average Bonchev–Trinajstić information content (AvgIpc) is 2.37. The van der Waals surface area contributed by atoms with Crippen molar-refractivity contribution < 1.29 is 8.42 Å². The Balaban J connectivity index is 0.00000220. The molecule has 1 heterocycles. The number of hydrogen-bond donors (Lipinski definition) is 1. The van der Waals surface area contributed by atoms with Gasteiger partial charge in [-0.15, -0.1) is 12.4 Å². The van der Waals surface area contributed by atoms with Gasteiger partial charge >= 0.3 is 0 Å². The summed E-state index contributed by atoms with van der Waals surface area (Å²) < 4.78 is 27.2. The Morgan fingerprint density at radius 3 is 2.67 bits per heavy atom. The number of aryl methyl sites for hydroxylation is 1. The Bertz CT molecular complexity index is 593. The SMILES string of the molecule is Cc1cc(Cl)ccc1S(=O)(=O)N1CCC(C)CC1CN.Cl. The van der Waals surface area contributed by atoms with Crippen LogP contribution in [0.2, 0.25) is 5.02 Å². The predicted octanol–water partition coefficient (Wildman–Crippen LogP) is 2.82. The molecule has 7 heteroatoms. The van der Waals surface area contributed by atoms with Gasteiger partial charge in [-0.2, -0.15) is 4.31 Å². The molecular formula is C14H22Cl2N2O2S. The summed E-state index contributed by atoms with van der Waals surface area (Å²) in [6.45, 7) is 4.80. The molecule has 1 saturated heterocycles. The normalized spacial score (nSPS) is 23.6. The van der Waals surface area contributed by atoms with Crippen LogP contribution >= 0.6 is 24.0 Å². The minimum atomic E-state index is -3.50. The zero-order valence-electron chi connectivity index (χ0n) is 12.3. The topological polar surface area (TPSA) is 63.4 Å². The summed E-state index contributed by atoms with van der Waals surface area (Å²) in [5.41, 5.74) is 6.44. The number of nitrogens with zero attached hydrogens (tertiary/aromatic N) is 1. The van der Waals surface area contributed by atoms with E-state index in [1.165, 1.54) is 0 Å². The molecule has 1 aromatic rings. The highest BCUT2D eigenvalue weighted by Crippen LogP contribution is 2.30. The van der Waals surface area contributed by atoms with Crippen molar-refractivity contribution in [1.82, 2.24) is 4.31 Å². The van der Waals surface area contributed by atoms with Crippen LogP contribution in [-0.2, 0) is 10.0 Å². The minimum Gasteiger partial charge on any atom is -0.329 e. The van der Waals surface area contributed by atoms with Crippen molar-refractivity contribution in [3.63, 3.8) is 0 Å². The lowest BCUT2D eigenvalue weighted by Gasteiger charge is -2.37. The van der Waals surface area contributed by atoms with Crippen LogP contribution in [0.25, 0.3) is 0 Å². The van der Waals surface area contributed by atoms with Gasteiger partial charge in [-0.05, 0) is 49.4 Å². The van der Waals surface area contributed by atoms with Gasteiger partial charge in [0.15, 0.2) is 0 Å². The van der Waals surface area contributed by atoms with E-state index in [1.807, 2.05) is 0 Å². The highest BCUT2D eigenvalue weighted by molar-refractivity contribution is 7.89. The minimum absolute atomic E-state index is 0. The first-order valence-corrected chi connectivity index (χ1v) is 8.66. The van der Waals surface area contributed by atoms with Crippen LogP contribution in [0, 0.1) is 12.8 Å². The molecular weight excluding hydrogens is 331 g/mol. The van der Waals surface area contributed by atoms with Gasteiger partial charge < -0.3 is 5.73 Å². The zero-order chi connectivity index (χ0) is 14.9. The molecule has 0 saturated carbocycles. The van der Waals surface area contributed by atoms with E-state index in [0.29, 0.717) is 34.5 Å². The molecule has 2 N–H and O–H groups in total. The van der Waals surface area contributed by atoms with Crippen LogP contribution in [0.3, 0.4) is 0 Å². The standard InChI is InChI=1S/C14H21ClN2O2S.ClH/c1-10-5-6-17(13(7-10)9-16)20(18,19)14-4-3-12(15)8-11(14)2;/h3-4,8,10,13H,5-7,9,16H2,1-2H3;1H. The molecule has 2 unspecified atom stereocenters. The summed E-state index contributed by atoms with van der Waals surface area (Å²) in [7, 11) is -3.50. The predicted molar refractivity (Wildman–Crippen MR) is 88.6 cm³/mol. The Labute approximate surface area is 138 Å². The molecule has 0 aliphatic carbocycles. The Morgan fingerprint density at radius 2 is 2.10 bits per heavy atom. The molecule has 1 aliphatic heterocycles. The third-order valence-corrected chi connectivity index (χ3v) is 6.27. The summed E-state index contributed by atoms with van der Waals surface area (Å²) in [5, 5.41) is 0.545. The smallest absolute Gasteiger partial charge is 0.243 e. The first-order chi connectivity index (χ1) is 9.36. The maximum atomic E-state index is 12.8. The quantitative estimate of drug-likeness (QED) is 0.909. The number of benzene rings is 1. The second-order valence-electron chi connectivity index (χ2n) is 5.54. The summed E-state index contributed by atoms with van der Waals surface area (Å²) in [5.74, 6) is 0.515. The maximum absolute atomic E-state index is 12.8. The number of halogens is 2. The third kappa shape index (κ3) is 3.90. The fourth-order valence-electron chi connectivity index (χ4n) is 2.79. The van der Waals surface area contributed by atoms with Gasteiger partial charge in [-0.25, -0.2) is 8.42 Å². The molecule has 2 rings (SSSR count). The van der Waals surface area contributed by atoms with E-state index in [4.69, 9.17) is 17.3 Å². The van der Waals surface area contributed by atoms with Crippen molar-refractivity contribution in [3.05, 3.63) is 28.8 Å². The van der Waals surface area contributed by atoms with Crippen LogP contribution in [0.4, 0.5) is 0 Å². The summed E-state index contributed by atoms with van der Waals surface area (Å²) in [4.78, 5) is 0.329. The summed E-state index contributed by atoms with van der Waals surface area (Å²) >= 11 is 5.90. The van der Waals surface area contributed by atoms with Crippen LogP contribution in [0.1, 0.15) is 25.3 Å². The fourth-order valence-corrected chi connectivity index (χ4v) is 4.88. The number of piperidine rings is 1. The van der Waals surface area contributed by atoms with E-state index in [9.17, 15) is 8.42 Å². The second-order valence-corrected chi connectivity index (χ2v) is 7.84. The highest BCUT2D eigenvalue weighted by Gasteiger charge is 2.35. The van der Waals surface area contributed by atoms with E-state index in [2.05, 4.69) is 6.92 Å². The van der Waals surface area contributed by atoms with Gasteiger partial charge in [0.2, 0.25) is 10.0 Å². The third-order valence-electron chi connectivity index (χ3n) is 3.92. The molecule has 0 bridgehead atoms. The van der Waals surface area contributed by atoms with E-state index in [1.54, 1.807) is 29.4 Å². The van der Waals surface area contributed by atoms with Crippen LogP contribution in [0.15, 0.2) is 23.1 Å². The lowest BCUT2D eigenvalue weighted by molar-refractivity contribution is 0.211. The Kier molecular flexibility index (Phi) is 6.50. The number of hydrogen-bond acceptors (Lipinski definition) is 3. The lowest BCUT2D eigenvalue weighted by Crippen LogP contribution is -2.49. The second kappa shape index (κ2) is 7.29. The zero-order valence-corrected chi connectivity index (χ0v) is 14.6.